The lowest BCUT2D eigenvalue weighted by Crippen LogP contribution is -2.37. The number of nitrogens with one attached hydrogen (secondary N) is 1. The van der Waals surface area contributed by atoms with Gasteiger partial charge in [-0.3, -0.25) is 24.5 Å². The molecule has 35 heavy (non-hydrogen) atoms. The quantitative estimate of drug-likeness (QED) is 0.454. The normalized spacial score (nSPS) is 13.1. The molecule has 0 atom stereocenters. The molecule has 2 aromatic carbocycles. The third-order valence-corrected chi connectivity index (χ3v) is 6.27. The second kappa shape index (κ2) is 9.85. The summed E-state index contributed by atoms with van der Waals surface area (Å²) in [6.07, 6.45) is 9.16. The zero-order valence-corrected chi connectivity index (χ0v) is 19.4. The van der Waals surface area contributed by atoms with Crippen LogP contribution in [0.4, 0.5) is 0 Å². The van der Waals surface area contributed by atoms with E-state index in [0.717, 1.165) is 27.9 Å². The maximum atomic E-state index is 13.2. The Morgan fingerprint density at radius 2 is 1.83 bits per heavy atom. The summed E-state index contributed by atoms with van der Waals surface area (Å²) in [5, 5.41) is 2.98. The highest BCUT2D eigenvalue weighted by atomic mass is 16.2. The largest absolute Gasteiger partial charge is 0.348 e. The molecule has 1 aliphatic heterocycles. The van der Waals surface area contributed by atoms with E-state index in [4.69, 9.17) is 0 Å². The van der Waals surface area contributed by atoms with Crippen LogP contribution in [0.2, 0.25) is 0 Å². The molecule has 0 bridgehead atoms. The van der Waals surface area contributed by atoms with Gasteiger partial charge in [-0.2, -0.15) is 0 Å². The summed E-state index contributed by atoms with van der Waals surface area (Å²) in [4.78, 5) is 40.5. The van der Waals surface area contributed by atoms with Crippen molar-refractivity contribution >= 4 is 28.9 Å². The maximum absolute atomic E-state index is 13.2. The maximum Gasteiger partial charge on any atom is 0.254 e. The predicted octanol–water partition coefficient (Wildman–Crippen LogP) is 3.86. The second-order valence-electron chi connectivity index (χ2n) is 8.52. The van der Waals surface area contributed by atoms with Crippen LogP contribution >= 0.6 is 0 Å². The van der Waals surface area contributed by atoms with Gasteiger partial charge in [-0.25, -0.2) is 0 Å². The fourth-order valence-corrected chi connectivity index (χ4v) is 4.38. The summed E-state index contributed by atoms with van der Waals surface area (Å²) in [7, 11) is 0. The van der Waals surface area contributed by atoms with Gasteiger partial charge in [-0.15, -0.1) is 0 Å². The van der Waals surface area contributed by atoms with E-state index in [2.05, 4.69) is 20.3 Å². The van der Waals surface area contributed by atoms with Crippen LogP contribution in [0.3, 0.4) is 0 Å². The van der Waals surface area contributed by atoms with Gasteiger partial charge < -0.3 is 10.2 Å². The Morgan fingerprint density at radius 1 is 1.03 bits per heavy atom. The Kier molecular flexibility index (Phi) is 6.30. The summed E-state index contributed by atoms with van der Waals surface area (Å²) >= 11 is 0. The summed E-state index contributed by atoms with van der Waals surface area (Å²) in [5.74, 6) is -0.192. The summed E-state index contributed by atoms with van der Waals surface area (Å²) in [6.45, 7) is 3.43. The third kappa shape index (κ3) is 4.94. The van der Waals surface area contributed by atoms with Gasteiger partial charge >= 0.3 is 0 Å². The van der Waals surface area contributed by atoms with Crippen molar-refractivity contribution in [3.8, 4) is 0 Å². The molecule has 3 heterocycles. The third-order valence-electron chi connectivity index (χ3n) is 6.27. The van der Waals surface area contributed by atoms with Crippen LogP contribution in [0, 0.1) is 6.92 Å². The van der Waals surface area contributed by atoms with E-state index in [1.165, 1.54) is 5.56 Å². The summed E-state index contributed by atoms with van der Waals surface area (Å²) in [6, 6.07) is 15.1. The second-order valence-corrected chi connectivity index (χ2v) is 8.52. The lowest BCUT2D eigenvalue weighted by Gasteiger charge is -2.30. The first-order chi connectivity index (χ1) is 17.1. The van der Waals surface area contributed by atoms with Crippen molar-refractivity contribution in [1.29, 1.82) is 0 Å². The highest BCUT2D eigenvalue weighted by Gasteiger charge is 2.25. The average Bonchev–Trinajstić information content (AvgIpc) is 2.91. The Balaban J connectivity index is 1.28. The number of hydrogen-bond donors (Lipinski definition) is 1. The highest BCUT2D eigenvalue weighted by molar-refractivity contribution is 5.97. The number of pyridine rings is 1. The molecule has 1 N–H and O–H groups in total. The van der Waals surface area contributed by atoms with Gasteiger partial charge in [-0.1, -0.05) is 30.3 Å². The molecule has 2 aromatic heterocycles. The Hall–Kier alpha value is -4.39. The number of aromatic nitrogens is 3. The van der Waals surface area contributed by atoms with Gasteiger partial charge in [0, 0.05) is 55.6 Å². The first-order valence-electron chi connectivity index (χ1n) is 11.6. The molecule has 0 fully saturated rings. The van der Waals surface area contributed by atoms with Crippen LogP contribution in [0.5, 0.6) is 0 Å². The van der Waals surface area contributed by atoms with E-state index < -0.39 is 0 Å². The smallest absolute Gasteiger partial charge is 0.254 e. The highest BCUT2D eigenvalue weighted by Crippen LogP contribution is 2.25. The first kappa shape index (κ1) is 22.4. The van der Waals surface area contributed by atoms with E-state index in [9.17, 15) is 9.59 Å². The van der Waals surface area contributed by atoms with Crippen LogP contribution < -0.4 is 5.32 Å². The molecule has 1 aliphatic rings. The minimum Gasteiger partial charge on any atom is -0.348 e. The number of aryl methyl sites for hydroxylation is 1. The summed E-state index contributed by atoms with van der Waals surface area (Å²) in [5.41, 5.74) is 7.13. The van der Waals surface area contributed by atoms with Gasteiger partial charge in [0.15, 0.2) is 0 Å². The molecule has 0 unspecified atom stereocenters. The van der Waals surface area contributed by atoms with Crippen LogP contribution in [0.25, 0.3) is 17.1 Å². The fraction of sp³-hybridized carbons (Fsp3) is 0.179. The molecule has 174 valence electrons. The van der Waals surface area contributed by atoms with Crippen LogP contribution in [0.1, 0.15) is 38.3 Å². The number of hydrogen-bond acceptors (Lipinski definition) is 5. The molecular formula is C28H25N5O2. The van der Waals surface area contributed by atoms with Crippen LogP contribution in [-0.2, 0) is 24.3 Å². The summed E-state index contributed by atoms with van der Waals surface area (Å²) < 4.78 is 0. The topological polar surface area (TPSA) is 88.1 Å². The molecule has 7 heteroatoms. The average molecular weight is 464 g/mol. The molecule has 0 aliphatic carbocycles. The van der Waals surface area contributed by atoms with Crippen molar-refractivity contribution in [2.24, 2.45) is 0 Å². The number of nitrogens with zero attached hydrogens (tertiary/aromatic N) is 4. The van der Waals surface area contributed by atoms with Crippen LogP contribution in [0.15, 0.2) is 73.2 Å². The minimum atomic E-state index is -0.155. The number of carbonyl (C=O) groups is 2. The number of rotatable bonds is 5. The standard InChI is InChI=1S/C28H25N5O2/c1-19-24(17-32-27(34)10-7-20-5-3-2-4-6-20)23-11-14-33(18-22(23)16-31-19)28(35)21-8-9-25-26(15-21)30-13-12-29-25/h2-10,12-13,15-16H,11,14,17-18H2,1H3,(H,32,34). The van der Waals surface area contributed by atoms with Crippen molar-refractivity contribution in [3.63, 3.8) is 0 Å². The minimum absolute atomic E-state index is 0.0373. The van der Waals surface area contributed by atoms with Crippen molar-refractivity contribution < 1.29 is 9.59 Å². The van der Waals surface area contributed by atoms with Gasteiger partial charge in [-0.05, 0) is 59.9 Å². The van der Waals surface area contributed by atoms with Gasteiger partial charge in [0.25, 0.3) is 5.91 Å². The Bertz CT molecular complexity index is 1430. The number of benzene rings is 2. The van der Waals surface area contributed by atoms with Gasteiger partial charge in [0.05, 0.1) is 11.0 Å². The van der Waals surface area contributed by atoms with E-state index in [1.54, 1.807) is 36.7 Å². The van der Waals surface area contributed by atoms with E-state index in [1.807, 2.05) is 54.4 Å². The van der Waals surface area contributed by atoms with Crippen molar-refractivity contribution in [1.82, 2.24) is 25.2 Å². The van der Waals surface area contributed by atoms with Gasteiger partial charge in [0.1, 0.15) is 0 Å². The Labute approximate surface area is 203 Å². The van der Waals surface area contributed by atoms with E-state index in [0.29, 0.717) is 37.1 Å². The number of carbonyl (C=O) groups excluding carboxylic acids is 2. The van der Waals surface area contributed by atoms with E-state index >= 15 is 0 Å². The van der Waals surface area contributed by atoms with Crippen molar-refractivity contribution in [2.75, 3.05) is 6.54 Å². The predicted molar refractivity (Wildman–Crippen MR) is 134 cm³/mol. The number of fused-ring (bicyclic) bond motifs is 2. The van der Waals surface area contributed by atoms with Crippen LogP contribution in [-0.4, -0.2) is 38.2 Å². The van der Waals surface area contributed by atoms with Crippen molar-refractivity contribution in [2.45, 2.75) is 26.4 Å². The molecule has 5 rings (SSSR count). The zero-order chi connectivity index (χ0) is 24.2. The molecular weight excluding hydrogens is 438 g/mol. The lowest BCUT2D eigenvalue weighted by molar-refractivity contribution is -0.116. The zero-order valence-electron chi connectivity index (χ0n) is 19.4. The lowest BCUT2D eigenvalue weighted by atomic mass is 9.94. The van der Waals surface area contributed by atoms with Gasteiger partial charge in [0.2, 0.25) is 5.91 Å². The molecule has 0 spiro atoms. The molecule has 0 radical (unpaired) electrons. The number of amides is 2. The molecule has 0 saturated carbocycles. The fourth-order valence-electron chi connectivity index (χ4n) is 4.38. The molecule has 2 amide bonds. The SMILES string of the molecule is Cc1ncc2c(c1CNC(=O)C=Cc1ccccc1)CCN(C(=O)c1ccc3nccnc3c1)C2. The first-order valence-corrected chi connectivity index (χ1v) is 11.6. The molecule has 7 nitrogen and oxygen atoms in total. The monoisotopic (exact) mass is 463 g/mol. The Morgan fingerprint density at radius 3 is 2.66 bits per heavy atom. The molecule has 0 saturated heterocycles. The molecule has 4 aromatic rings. The van der Waals surface area contributed by atoms with E-state index in [-0.39, 0.29) is 11.8 Å². The van der Waals surface area contributed by atoms with Crippen molar-refractivity contribution in [3.05, 3.63) is 107 Å².